The van der Waals surface area contributed by atoms with Crippen molar-refractivity contribution in [3.8, 4) is 29.7 Å². The number of hydrogen-bond donors (Lipinski definition) is 0. The number of aromatic nitrogens is 4. The second kappa shape index (κ2) is 29.4. The lowest BCUT2D eigenvalue weighted by Gasteiger charge is -2.41. The fourth-order valence-corrected chi connectivity index (χ4v) is 23.2. The van der Waals surface area contributed by atoms with Crippen LogP contribution in [0.3, 0.4) is 0 Å². The van der Waals surface area contributed by atoms with Crippen molar-refractivity contribution in [2.75, 3.05) is 0 Å². The van der Waals surface area contributed by atoms with Crippen LogP contribution in [0.2, 0.25) is 16.6 Å². The maximum atomic E-state index is 5.76. The summed E-state index contributed by atoms with van der Waals surface area (Å²) in [6.45, 7) is 24.2. The van der Waals surface area contributed by atoms with Crippen LogP contribution in [0.4, 0.5) is 0 Å². The Labute approximate surface area is 398 Å². The summed E-state index contributed by atoms with van der Waals surface area (Å²) in [7, 11) is -1.93. The van der Waals surface area contributed by atoms with E-state index >= 15 is 0 Å². The zero-order valence-electron chi connectivity index (χ0n) is 41.5. The smallest absolute Gasteiger partial charge is 0.136 e. The molecule has 0 fully saturated rings. The fraction of sp³-hybridized carbons (Fsp3) is 0.774. The molecule has 4 aromatic rings. The molecule has 0 aliphatic carbocycles. The van der Waals surface area contributed by atoms with E-state index in [4.69, 9.17) is 19.9 Å². The second-order valence-electron chi connectivity index (χ2n) is 19.5. The first kappa shape index (κ1) is 53.4. The highest BCUT2D eigenvalue weighted by Crippen LogP contribution is 2.47. The van der Waals surface area contributed by atoms with Crippen molar-refractivity contribution in [3.05, 3.63) is 28.2 Å². The van der Waals surface area contributed by atoms with Gasteiger partial charge in [0.1, 0.15) is 23.1 Å². The van der Waals surface area contributed by atoms with Crippen molar-refractivity contribution in [3.63, 3.8) is 0 Å². The van der Waals surface area contributed by atoms with E-state index in [1.54, 1.807) is 0 Å². The Morgan fingerprint density at radius 3 is 1.13 bits per heavy atom. The van der Waals surface area contributed by atoms with Crippen molar-refractivity contribution in [1.82, 2.24) is 19.9 Å². The Morgan fingerprint density at radius 2 is 0.726 bits per heavy atom. The zero-order chi connectivity index (χ0) is 44.7. The predicted octanol–water partition coefficient (Wildman–Crippen LogP) is 19.0. The number of thiazole rings is 4. The lowest BCUT2D eigenvalue weighted by molar-refractivity contribution is 0.605. The molecule has 62 heavy (non-hydrogen) atoms. The molecule has 0 aromatic carbocycles. The van der Waals surface area contributed by atoms with Gasteiger partial charge in [0.2, 0.25) is 0 Å². The first-order chi connectivity index (χ1) is 30.1. The molecule has 0 spiro atoms. The highest BCUT2D eigenvalue weighted by atomic mass is 32.1. The summed E-state index contributed by atoms with van der Waals surface area (Å²) >= 11 is 7.74. The third kappa shape index (κ3) is 15.7. The Morgan fingerprint density at radius 1 is 0.387 bits per heavy atom. The van der Waals surface area contributed by atoms with E-state index < -0.39 is 8.07 Å². The van der Waals surface area contributed by atoms with Crippen molar-refractivity contribution < 1.29 is 0 Å². The Hall–Kier alpha value is -1.26. The number of hydrogen-bond acceptors (Lipinski definition) is 8. The average Bonchev–Trinajstić information content (AvgIpc) is 4.06. The second-order valence-corrected chi connectivity index (χ2v) is 29.5. The van der Waals surface area contributed by atoms with E-state index in [0.29, 0.717) is 16.6 Å². The summed E-state index contributed by atoms with van der Waals surface area (Å²) in [5.41, 5.74) is 7.04. The molecule has 0 aliphatic heterocycles. The van der Waals surface area contributed by atoms with Gasteiger partial charge in [0.05, 0.1) is 42.0 Å². The largest absolute Gasteiger partial charge is 0.251 e. The van der Waals surface area contributed by atoms with Crippen molar-refractivity contribution in [2.45, 2.75) is 266 Å². The van der Waals surface area contributed by atoms with E-state index in [-0.39, 0.29) is 0 Å². The Balaban J connectivity index is 1.77. The molecule has 0 atom stereocenters. The van der Waals surface area contributed by atoms with Gasteiger partial charge in [-0.3, -0.25) is 4.98 Å². The first-order valence-corrected chi connectivity index (χ1v) is 31.6. The van der Waals surface area contributed by atoms with Gasteiger partial charge >= 0.3 is 0 Å². The molecule has 4 rings (SSSR count). The summed E-state index contributed by atoms with van der Waals surface area (Å²) < 4.78 is 1.47. The molecule has 0 unspecified atom stereocenters. The lowest BCUT2D eigenvalue weighted by Crippen LogP contribution is -2.55. The van der Waals surface area contributed by atoms with Crippen molar-refractivity contribution in [2.24, 2.45) is 0 Å². The SMILES string of the molecule is CCCCCCCCc1csc(-c2sc(-c3sc(-c4sc([Si](C(C)C)(C(C)C)C(C)C)nc4CCCCCCCC)nc3CCCCCCCC)nc2CCCCCCCC)n1. The topological polar surface area (TPSA) is 51.6 Å². The van der Waals surface area contributed by atoms with E-state index in [1.807, 2.05) is 45.3 Å². The van der Waals surface area contributed by atoms with Gasteiger partial charge in [0, 0.05) is 5.38 Å². The molecule has 0 amide bonds. The molecular formula is C53H90N4S4Si. The van der Waals surface area contributed by atoms with Crippen molar-refractivity contribution in [1.29, 1.82) is 0 Å². The molecule has 4 heterocycles. The van der Waals surface area contributed by atoms with E-state index in [0.717, 1.165) is 25.7 Å². The number of unbranched alkanes of at least 4 members (excludes halogenated alkanes) is 20. The minimum atomic E-state index is -1.93. The average molecular weight is 940 g/mol. The van der Waals surface area contributed by atoms with E-state index in [2.05, 4.69) is 74.6 Å². The van der Waals surface area contributed by atoms with Gasteiger partial charge in [0.25, 0.3) is 0 Å². The van der Waals surface area contributed by atoms with Gasteiger partial charge in [-0.15, -0.1) is 45.3 Å². The van der Waals surface area contributed by atoms with Gasteiger partial charge in [-0.05, 0) is 68.0 Å². The highest BCUT2D eigenvalue weighted by Gasteiger charge is 2.47. The van der Waals surface area contributed by atoms with Crippen LogP contribution in [0.5, 0.6) is 0 Å². The number of nitrogens with zero attached hydrogens (tertiary/aromatic N) is 4. The van der Waals surface area contributed by atoms with E-state index in [9.17, 15) is 0 Å². The van der Waals surface area contributed by atoms with E-state index in [1.165, 1.54) is 211 Å². The van der Waals surface area contributed by atoms with Crippen molar-refractivity contribution >= 4 is 58.1 Å². The molecule has 350 valence electrons. The lowest BCUT2D eigenvalue weighted by atomic mass is 10.1. The maximum absolute atomic E-state index is 5.76. The zero-order valence-corrected chi connectivity index (χ0v) is 45.8. The molecule has 0 N–H and O–H groups in total. The molecule has 4 aromatic heterocycles. The number of aryl methyl sites for hydroxylation is 4. The monoisotopic (exact) mass is 939 g/mol. The van der Waals surface area contributed by atoms with Gasteiger partial charge in [0.15, 0.2) is 0 Å². The highest BCUT2D eigenvalue weighted by molar-refractivity contribution is 7.32. The third-order valence-corrected chi connectivity index (χ3v) is 26.0. The molecule has 0 radical (unpaired) electrons. The van der Waals surface area contributed by atoms with Crippen LogP contribution in [-0.4, -0.2) is 28.0 Å². The minimum absolute atomic E-state index is 0.634. The maximum Gasteiger partial charge on any atom is 0.136 e. The fourth-order valence-electron chi connectivity index (χ4n) is 10.0. The Kier molecular flexibility index (Phi) is 25.3. The summed E-state index contributed by atoms with van der Waals surface area (Å²) in [5, 5.41) is 5.90. The number of rotatable bonds is 35. The summed E-state index contributed by atoms with van der Waals surface area (Å²) in [6.07, 6.45) is 35.6. The van der Waals surface area contributed by atoms with Crippen LogP contribution >= 0.6 is 45.3 Å². The molecule has 0 saturated heterocycles. The molecule has 0 saturated carbocycles. The Bertz CT molecular complexity index is 1760. The van der Waals surface area contributed by atoms with Crippen LogP contribution in [0.15, 0.2) is 5.38 Å². The first-order valence-electron chi connectivity index (χ1n) is 26.1. The third-order valence-electron chi connectivity index (χ3n) is 13.6. The van der Waals surface area contributed by atoms with Crippen LogP contribution in [0.1, 0.15) is 246 Å². The van der Waals surface area contributed by atoms with Crippen LogP contribution < -0.4 is 4.63 Å². The summed E-state index contributed by atoms with van der Waals surface area (Å²) in [4.78, 5) is 26.4. The summed E-state index contributed by atoms with van der Waals surface area (Å²) in [5.74, 6) is 0. The van der Waals surface area contributed by atoms with Crippen LogP contribution in [0, 0.1) is 0 Å². The molecule has 4 nitrogen and oxygen atoms in total. The van der Waals surface area contributed by atoms with Gasteiger partial charge in [-0.2, -0.15) is 0 Å². The van der Waals surface area contributed by atoms with Crippen LogP contribution in [-0.2, 0) is 25.7 Å². The van der Waals surface area contributed by atoms with Gasteiger partial charge < -0.3 is 0 Å². The van der Waals surface area contributed by atoms with Crippen LogP contribution in [0.25, 0.3) is 29.7 Å². The quantitative estimate of drug-likeness (QED) is 0.0341. The normalized spacial score (nSPS) is 12.3. The molecule has 9 heteroatoms. The minimum Gasteiger partial charge on any atom is -0.251 e. The predicted molar refractivity (Wildman–Crippen MR) is 284 cm³/mol. The van der Waals surface area contributed by atoms with Gasteiger partial charge in [-0.25, -0.2) is 15.0 Å². The van der Waals surface area contributed by atoms with Gasteiger partial charge in [-0.1, -0.05) is 198 Å². The molecule has 0 aliphatic rings. The molecule has 0 bridgehead atoms. The summed E-state index contributed by atoms with van der Waals surface area (Å²) in [6, 6.07) is 0. The standard InChI is InChI=1S/C53H90N4S4Si/c1-11-15-19-23-27-31-35-43-39-58-50(54-43)47-44(36-32-28-24-20-16-12-2)55-51(59-47)48-45(37-33-29-25-21-17-13-3)56-52(60-48)49-46(38-34-30-26-22-18-14-4)57-53(61-49)62(40(5)6,41(7)8)42(9)10/h39-42H,11-38H2,1-10H3. The molecular weight excluding hydrogens is 849 g/mol.